The minimum Gasteiger partial charge on any atom is -0.383 e. The molecule has 2 N–H and O–H groups in total. The fraction of sp³-hybridized carbons (Fsp3) is 0.545. The Hall–Kier alpha value is -1.62. The minimum atomic E-state index is 0.0266. The summed E-state index contributed by atoms with van der Waals surface area (Å²) in [6, 6.07) is 1.96. The van der Waals surface area contributed by atoms with Gasteiger partial charge < -0.3 is 20.1 Å². The van der Waals surface area contributed by atoms with E-state index >= 15 is 0 Å². The first kappa shape index (κ1) is 15.4. The summed E-state index contributed by atoms with van der Waals surface area (Å²) in [6.07, 6.45) is 0. The number of nitrogens with two attached hydrogens (primary N) is 1. The van der Waals surface area contributed by atoms with Gasteiger partial charge in [-0.15, -0.1) is 0 Å². The van der Waals surface area contributed by atoms with Gasteiger partial charge >= 0.3 is 0 Å². The van der Waals surface area contributed by atoms with E-state index in [4.69, 9.17) is 32.1 Å². The lowest BCUT2D eigenvalue weighted by Gasteiger charge is -2.23. The van der Waals surface area contributed by atoms with Crippen molar-refractivity contribution in [1.82, 2.24) is 9.97 Å². The SMILES string of the molecule is COCCN(CCOC)c1nc(N)c(Cl)nc1C#N. The molecule has 1 aromatic heterocycles. The number of nitrogens with zero attached hydrogens (tertiary/aromatic N) is 4. The molecule has 1 aromatic rings. The molecule has 0 amide bonds. The molecular formula is C11H16ClN5O2. The standard InChI is InChI=1S/C11H16ClN5O2/c1-18-5-3-17(4-6-19-2)11-8(7-13)15-9(12)10(14)16-11/h3-6H2,1-2H3,(H2,14,16). The molecule has 19 heavy (non-hydrogen) atoms. The molecule has 8 heteroatoms. The average Bonchev–Trinajstić information content (AvgIpc) is 2.42. The summed E-state index contributed by atoms with van der Waals surface area (Å²) in [5, 5.41) is 9.12. The quantitative estimate of drug-likeness (QED) is 0.787. The Kier molecular flexibility index (Phi) is 6.29. The topological polar surface area (TPSA) is 97.3 Å². The minimum absolute atomic E-state index is 0.0266. The summed E-state index contributed by atoms with van der Waals surface area (Å²) in [6.45, 7) is 2.06. The van der Waals surface area contributed by atoms with Crippen LogP contribution < -0.4 is 10.6 Å². The van der Waals surface area contributed by atoms with Crippen molar-refractivity contribution in [3.63, 3.8) is 0 Å². The van der Waals surface area contributed by atoms with Gasteiger partial charge in [0.25, 0.3) is 0 Å². The highest BCUT2D eigenvalue weighted by Gasteiger charge is 2.16. The summed E-state index contributed by atoms with van der Waals surface area (Å²) >= 11 is 5.76. The van der Waals surface area contributed by atoms with E-state index in [2.05, 4.69) is 9.97 Å². The number of hydrogen-bond acceptors (Lipinski definition) is 7. The van der Waals surface area contributed by atoms with Gasteiger partial charge in [0, 0.05) is 27.3 Å². The number of hydrogen-bond donors (Lipinski definition) is 1. The van der Waals surface area contributed by atoms with E-state index in [1.807, 2.05) is 11.0 Å². The van der Waals surface area contributed by atoms with Crippen molar-refractivity contribution in [3.8, 4) is 6.07 Å². The highest BCUT2D eigenvalue weighted by Crippen LogP contribution is 2.22. The first-order chi connectivity index (χ1) is 9.13. The molecule has 0 unspecified atom stereocenters. The molecule has 0 aliphatic rings. The average molecular weight is 286 g/mol. The number of aromatic nitrogens is 2. The molecule has 0 aliphatic carbocycles. The van der Waals surface area contributed by atoms with Gasteiger partial charge in [-0.2, -0.15) is 5.26 Å². The van der Waals surface area contributed by atoms with Crippen LogP contribution in [0.3, 0.4) is 0 Å². The number of ether oxygens (including phenoxy) is 2. The largest absolute Gasteiger partial charge is 0.383 e. The molecule has 0 radical (unpaired) electrons. The van der Waals surface area contributed by atoms with Gasteiger partial charge in [0.2, 0.25) is 0 Å². The molecule has 0 aromatic carbocycles. The fourth-order valence-corrected chi connectivity index (χ4v) is 1.57. The molecule has 0 atom stereocenters. The molecule has 0 bridgehead atoms. The third kappa shape index (κ3) is 4.21. The van der Waals surface area contributed by atoms with Gasteiger partial charge in [0.15, 0.2) is 22.5 Å². The number of anilines is 2. The monoisotopic (exact) mass is 285 g/mol. The van der Waals surface area contributed by atoms with E-state index in [0.717, 1.165) is 0 Å². The first-order valence-corrected chi connectivity index (χ1v) is 5.97. The lowest BCUT2D eigenvalue weighted by atomic mass is 10.3. The van der Waals surface area contributed by atoms with Crippen molar-refractivity contribution >= 4 is 23.2 Å². The van der Waals surface area contributed by atoms with Gasteiger partial charge in [-0.05, 0) is 0 Å². The van der Waals surface area contributed by atoms with Crippen LogP contribution in [0.1, 0.15) is 5.69 Å². The lowest BCUT2D eigenvalue weighted by molar-refractivity contribution is 0.190. The predicted molar refractivity (Wildman–Crippen MR) is 72.1 cm³/mol. The third-order valence-electron chi connectivity index (χ3n) is 2.40. The summed E-state index contributed by atoms with van der Waals surface area (Å²) in [5.41, 5.74) is 5.77. The second-order valence-electron chi connectivity index (χ2n) is 3.66. The molecule has 1 heterocycles. The van der Waals surface area contributed by atoms with Crippen LogP contribution in [0.15, 0.2) is 0 Å². The van der Waals surface area contributed by atoms with Crippen LogP contribution in [0.25, 0.3) is 0 Å². The van der Waals surface area contributed by atoms with E-state index in [-0.39, 0.29) is 16.7 Å². The molecular weight excluding hydrogens is 270 g/mol. The second kappa shape index (κ2) is 7.74. The number of nitrogen functional groups attached to an aromatic ring is 1. The van der Waals surface area contributed by atoms with Crippen molar-refractivity contribution in [2.75, 3.05) is 51.2 Å². The Morgan fingerprint density at radius 2 is 1.84 bits per heavy atom. The van der Waals surface area contributed by atoms with Crippen LogP contribution in [0, 0.1) is 11.3 Å². The maximum Gasteiger partial charge on any atom is 0.184 e. The van der Waals surface area contributed by atoms with Crippen LogP contribution in [0.2, 0.25) is 5.15 Å². The maximum absolute atomic E-state index is 9.09. The summed E-state index contributed by atoms with van der Waals surface area (Å²) < 4.78 is 10.1. The van der Waals surface area contributed by atoms with Gasteiger partial charge in [-0.3, -0.25) is 0 Å². The molecule has 1 rings (SSSR count). The third-order valence-corrected chi connectivity index (χ3v) is 2.67. The highest BCUT2D eigenvalue weighted by atomic mass is 35.5. The highest BCUT2D eigenvalue weighted by molar-refractivity contribution is 6.31. The summed E-state index contributed by atoms with van der Waals surface area (Å²) in [5.74, 6) is 0.481. The number of halogens is 1. The summed E-state index contributed by atoms with van der Waals surface area (Å²) in [4.78, 5) is 9.87. The second-order valence-corrected chi connectivity index (χ2v) is 4.01. The Morgan fingerprint density at radius 3 is 2.32 bits per heavy atom. The predicted octanol–water partition coefficient (Wildman–Crippen LogP) is 0.683. The Bertz CT molecular complexity index is 455. The van der Waals surface area contributed by atoms with Crippen molar-refractivity contribution < 1.29 is 9.47 Å². The Morgan fingerprint density at radius 1 is 1.26 bits per heavy atom. The van der Waals surface area contributed by atoms with Crippen molar-refractivity contribution in [1.29, 1.82) is 5.26 Å². The van der Waals surface area contributed by atoms with Gasteiger partial charge in [0.1, 0.15) is 6.07 Å². The zero-order chi connectivity index (χ0) is 14.3. The molecule has 0 fully saturated rings. The van der Waals surface area contributed by atoms with Crippen LogP contribution in [0.5, 0.6) is 0 Å². The summed E-state index contributed by atoms with van der Waals surface area (Å²) in [7, 11) is 3.20. The van der Waals surface area contributed by atoms with Crippen LogP contribution >= 0.6 is 11.6 Å². The Balaban J connectivity index is 3.05. The van der Waals surface area contributed by atoms with E-state index < -0.39 is 0 Å². The number of methoxy groups -OCH3 is 2. The van der Waals surface area contributed by atoms with Crippen molar-refractivity contribution in [2.45, 2.75) is 0 Å². The van der Waals surface area contributed by atoms with Crippen LogP contribution in [-0.4, -0.2) is 50.5 Å². The van der Waals surface area contributed by atoms with E-state index in [0.29, 0.717) is 32.1 Å². The zero-order valence-corrected chi connectivity index (χ0v) is 11.6. The Labute approximate surface area is 116 Å². The van der Waals surface area contributed by atoms with E-state index in [9.17, 15) is 0 Å². The lowest BCUT2D eigenvalue weighted by Crippen LogP contribution is -2.32. The first-order valence-electron chi connectivity index (χ1n) is 5.60. The maximum atomic E-state index is 9.09. The van der Waals surface area contributed by atoms with Crippen LogP contribution in [-0.2, 0) is 9.47 Å². The molecule has 0 aliphatic heterocycles. The van der Waals surface area contributed by atoms with Gasteiger partial charge in [-0.25, -0.2) is 9.97 Å². The van der Waals surface area contributed by atoms with Gasteiger partial charge in [-0.1, -0.05) is 11.6 Å². The number of rotatable bonds is 7. The van der Waals surface area contributed by atoms with E-state index in [1.54, 1.807) is 14.2 Å². The smallest absolute Gasteiger partial charge is 0.184 e. The number of nitriles is 1. The van der Waals surface area contributed by atoms with Gasteiger partial charge in [0.05, 0.1) is 13.2 Å². The zero-order valence-electron chi connectivity index (χ0n) is 10.9. The molecule has 0 saturated carbocycles. The van der Waals surface area contributed by atoms with Crippen molar-refractivity contribution in [3.05, 3.63) is 10.8 Å². The van der Waals surface area contributed by atoms with E-state index in [1.165, 1.54) is 0 Å². The normalized spacial score (nSPS) is 10.2. The molecule has 0 saturated heterocycles. The molecule has 7 nitrogen and oxygen atoms in total. The van der Waals surface area contributed by atoms with Crippen molar-refractivity contribution in [2.24, 2.45) is 0 Å². The fourth-order valence-electron chi connectivity index (χ4n) is 1.44. The molecule has 0 spiro atoms. The van der Waals surface area contributed by atoms with Crippen LogP contribution in [0.4, 0.5) is 11.6 Å². The molecule has 104 valence electrons.